The second kappa shape index (κ2) is 8.35. The van der Waals surface area contributed by atoms with Crippen LogP contribution in [0, 0.1) is 0 Å². The number of morpholine rings is 1. The molecule has 9 heteroatoms. The smallest absolute Gasteiger partial charge is 0.308 e. The van der Waals surface area contributed by atoms with Crippen LogP contribution in [0.3, 0.4) is 0 Å². The molecule has 4 rings (SSSR count). The van der Waals surface area contributed by atoms with E-state index in [9.17, 15) is 24.0 Å². The molecule has 1 saturated heterocycles. The molecule has 2 aromatic rings. The molecule has 1 aliphatic carbocycles. The highest BCUT2D eigenvalue weighted by Crippen LogP contribution is 2.38. The lowest BCUT2D eigenvalue weighted by Gasteiger charge is -2.28. The molecule has 0 radical (unpaired) electrons. The fraction of sp³-hybridized carbons (Fsp3) is 0.261. The predicted octanol–water partition coefficient (Wildman–Crippen LogP) is 1.78. The third kappa shape index (κ3) is 3.78. The number of hydrogen-bond donors (Lipinski definition) is 0. The summed E-state index contributed by atoms with van der Waals surface area (Å²) in [5.41, 5.74) is -0.164. The minimum absolute atomic E-state index is 0.0333. The molecular weight excluding hydrogens is 418 g/mol. The Morgan fingerprint density at radius 3 is 2.12 bits per heavy atom. The van der Waals surface area contributed by atoms with Crippen molar-refractivity contribution in [3.05, 3.63) is 58.1 Å². The zero-order chi connectivity index (χ0) is 23.0. The second-order valence-electron chi connectivity index (χ2n) is 7.33. The number of rotatable bonds is 3. The number of carbonyl (C=O) groups is 5. The Morgan fingerprint density at radius 1 is 0.844 bits per heavy atom. The van der Waals surface area contributed by atoms with E-state index in [1.165, 1.54) is 37.3 Å². The SMILES string of the molecule is CC(=O)Oc1cccc2c1C(=O)c1c(OC(C)=O)cc(C(=O)N3CCOCC3)cc1C2=O. The van der Waals surface area contributed by atoms with E-state index in [1.54, 1.807) is 4.90 Å². The van der Waals surface area contributed by atoms with E-state index in [-0.39, 0.29) is 45.2 Å². The van der Waals surface area contributed by atoms with E-state index in [0.717, 1.165) is 6.92 Å². The molecule has 0 atom stereocenters. The van der Waals surface area contributed by atoms with Gasteiger partial charge in [-0.25, -0.2) is 0 Å². The first-order valence-corrected chi connectivity index (χ1v) is 9.92. The van der Waals surface area contributed by atoms with Gasteiger partial charge < -0.3 is 19.1 Å². The summed E-state index contributed by atoms with van der Waals surface area (Å²) in [6.07, 6.45) is 0. The van der Waals surface area contributed by atoms with Crippen molar-refractivity contribution in [2.45, 2.75) is 13.8 Å². The number of amides is 1. The highest BCUT2D eigenvalue weighted by Gasteiger charge is 2.37. The van der Waals surface area contributed by atoms with Crippen molar-refractivity contribution in [2.75, 3.05) is 26.3 Å². The number of carbonyl (C=O) groups excluding carboxylic acids is 5. The Bertz CT molecular complexity index is 1180. The van der Waals surface area contributed by atoms with Crippen LogP contribution >= 0.6 is 0 Å². The Balaban J connectivity index is 1.87. The Hall–Kier alpha value is -3.85. The number of nitrogens with zero attached hydrogens (tertiary/aromatic N) is 1. The lowest BCUT2D eigenvalue weighted by molar-refractivity contribution is -0.132. The van der Waals surface area contributed by atoms with Crippen molar-refractivity contribution in [3.8, 4) is 11.5 Å². The van der Waals surface area contributed by atoms with Crippen molar-refractivity contribution in [1.82, 2.24) is 4.90 Å². The maximum absolute atomic E-state index is 13.4. The average molecular weight is 437 g/mol. The zero-order valence-corrected chi connectivity index (χ0v) is 17.4. The largest absolute Gasteiger partial charge is 0.426 e. The van der Waals surface area contributed by atoms with Crippen LogP contribution in [0.15, 0.2) is 30.3 Å². The van der Waals surface area contributed by atoms with Gasteiger partial charge in [0.05, 0.1) is 24.3 Å². The molecule has 0 unspecified atom stereocenters. The topological polar surface area (TPSA) is 116 Å². The first kappa shape index (κ1) is 21.4. The van der Waals surface area contributed by atoms with Gasteiger partial charge in [0.15, 0.2) is 5.78 Å². The summed E-state index contributed by atoms with van der Waals surface area (Å²) in [4.78, 5) is 64.5. The van der Waals surface area contributed by atoms with Crippen molar-refractivity contribution < 1.29 is 38.2 Å². The van der Waals surface area contributed by atoms with Gasteiger partial charge in [-0.3, -0.25) is 24.0 Å². The van der Waals surface area contributed by atoms with Crippen LogP contribution in [0.2, 0.25) is 0 Å². The summed E-state index contributed by atoms with van der Waals surface area (Å²) in [6, 6.07) is 6.94. The highest BCUT2D eigenvalue weighted by atomic mass is 16.5. The van der Waals surface area contributed by atoms with Crippen LogP contribution in [0.1, 0.15) is 56.0 Å². The predicted molar refractivity (Wildman–Crippen MR) is 109 cm³/mol. The first-order valence-electron chi connectivity index (χ1n) is 9.92. The van der Waals surface area contributed by atoms with Crippen molar-refractivity contribution in [1.29, 1.82) is 0 Å². The molecule has 1 aliphatic heterocycles. The number of benzene rings is 2. The van der Waals surface area contributed by atoms with Crippen LogP contribution in [0.25, 0.3) is 0 Å². The van der Waals surface area contributed by atoms with E-state index in [2.05, 4.69) is 0 Å². The fourth-order valence-electron chi connectivity index (χ4n) is 3.80. The maximum atomic E-state index is 13.4. The standard InChI is InChI=1S/C23H19NO8/c1-12(25)31-17-5-3-4-15-19(17)22(28)20-16(21(15)27)10-14(11-18(20)32-13(2)26)23(29)24-6-8-30-9-7-24/h3-5,10-11H,6-9H2,1-2H3. The van der Waals surface area contributed by atoms with Gasteiger partial charge in [0.1, 0.15) is 11.5 Å². The molecular formula is C23H19NO8. The first-order chi connectivity index (χ1) is 15.3. The van der Waals surface area contributed by atoms with Gasteiger partial charge in [0.25, 0.3) is 5.91 Å². The Kier molecular flexibility index (Phi) is 5.58. The van der Waals surface area contributed by atoms with E-state index >= 15 is 0 Å². The molecule has 0 N–H and O–H groups in total. The lowest BCUT2D eigenvalue weighted by atomic mass is 9.82. The molecule has 0 aromatic heterocycles. The number of ketones is 2. The second-order valence-corrected chi connectivity index (χ2v) is 7.33. The van der Waals surface area contributed by atoms with E-state index < -0.39 is 23.5 Å². The van der Waals surface area contributed by atoms with Crippen LogP contribution in [0.4, 0.5) is 0 Å². The number of fused-ring (bicyclic) bond motifs is 2. The quantitative estimate of drug-likeness (QED) is 0.450. The molecule has 2 aliphatic rings. The van der Waals surface area contributed by atoms with Gasteiger partial charge in [-0.1, -0.05) is 12.1 Å². The monoisotopic (exact) mass is 437 g/mol. The lowest BCUT2D eigenvalue weighted by Crippen LogP contribution is -2.40. The summed E-state index contributed by atoms with van der Waals surface area (Å²) in [7, 11) is 0. The molecule has 0 saturated carbocycles. The van der Waals surface area contributed by atoms with Gasteiger partial charge in [-0.2, -0.15) is 0 Å². The Labute approximate surface area is 182 Å². The summed E-state index contributed by atoms with van der Waals surface area (Å²) in [5.74, 6) is -3.21. The molecule has 2 aromatic carbocycles. The minimum Gasteiger partial charge on any atom is -0.426 e. The van der Waals surface area contributed by atoms with Crippen LogP contribution < -0.4 is 9.47 Å². The number of hydrogen-bond acceptors (Lipinski definition) is 8. The maximum Gasteiger partial charge on any atom is 0.308 e. The zero-order valence-electron chi connectivity index (χ0n) is 17.4. The molecule has 1 heterocycles. The molecule has 0 spiro atoms. The van der Waals surface area contributed by atoms with Crippen LogP contribution in [0.5, 0.6) is 11.5 Å². The normalized spacial score (nSPS) is 15.0. The van der Waals surface area contributed by atoms with Crippen LogP contribution in [-0.4, -0.2) is 60.6 Å². The molecule has 9 nitrogen and oxygen atoms in total. The van der Waals surface area contributed by atoms with Crippen molar-refractivity contribution in [2.24, 2.45) is 0 Å². The van der Waals surface area contributed by atoms with Gasteiger partial charge in [-0.05, 0) is 18.2 Å². The summed E-state index contributed by atoms with van der Waals surface area (Å²) in [5, 5.41) is 0. The number of ether oxygens (including phenoxy) is 3. The molecule has 0 bridgehead atoms. The van der Waals surface area contributed by atoms with Gasteiger partial charge in [-0.15, -0.1) is 0 Å². The van der Waals surface area contributed by atoms with Crippen molar-refractivity contribution >= 4 is 29.4 Å². The highest BCUT2D eigenvalue weighted by molar-refractivity contribution is 6.31. The van der Waals surface area contributed by atoms with Gasteiger partial charge in [0, 0.05) is 43.6 Å². The number of esters is 2. The third-order valence-corrected chi connectivity index (χ3v) is 5.12. The molecule has 164 valence electrons. The average Bonchev–Trinajstić information content (AvgIpc) is 2.76. The van der Waals surface area contributed by atoms with E-state index in [4.69, 9.17) is 14.2 Å². The third-order valence-electron chi connectivity index (χ3n) is 5.12. The molecule has 1 fully saturated rings. The van der Waals surface area contributed by atoms with E-state index in [0.29, 0.717) is 26.3 Å². The minimum atomic E-state index is -0.720. The summed E-state index contributed by atoms with van der Waals surface area (Å²) in [6.45, 7) is 3.85. The Morgan fingerprint density at radius 2 is 1.47 bits per heavy atom. The van der Waals surface area contributed by atoms with Crippen molar-refractivity contribution in [3.63, 3.8) is 0 Å². The summed E-state index contributed by atoms with van der Waals surface area (Å²) >= 11 is 0. The van der Waals surface area contributed by atoms with E-state index in [1.807, 2.05) is 0 Å². The fourth-order valence-corrected chi connectivity index (χ4v) is 3.80. The van der Waals surface area contributed by atoms with Gasteiger partial charge >= 0.3 is 11.9 Å². The van der Waals surface area contributed by atoms with Crippen LogP contribution in [-0.2, 0) is 14.3 Å². The van der Waals surface area contributed by atoms with Gasteiger partial charge in [0.2, 0.25) is 5.78 Å². The molecule has 32 heavy (non-hydrogen) atoms. The molecule has 1 amide bonds. The summed E-state index contributed by atoms with van der Waals surface area (Å²) < 4.78 is 15.6.